The minimum absolute atomic E-state index is 0.133. The first-order chi connectivity index (χ1) is 13.5. The van der Waals surface area contributed by atoms with Crippen LogP contribution >= 0.6 is 0 Å². The van der Waals surface area contributed by atoms with Crippen molar-refractivity contribution in [3.05, 3.63) is 59.4 Å². The lowest BCUT2D eigenvalue weighted by Crippen LogP contribution is -2.10. The van der Waals surface area contributed by atoms with Crippen LogP contribution in [0.3, 0.4) is 0 Å². The van der Waals surface area contributed by atoms with Crippen molar-refractivity contribution in [2.45, 2.75) is 6.92 Å². The van der Waals surface area contributed by atoms with E-state index in [1.165, 1.54) is 7.11 Å². The molecule has 0 bridgehead atoms. The Labute approximate surface area is 161 Å². The van der Waals surface area contributed by atoms with Gasteiger partial charge in [0.25, 0.3) is 0 Å². The summed E-state index contributed by atoms with van der Waals surface area (Å²) in [5.74, 6) is 0.318. The number of methoxy groups -OCH3 is 2. The number of hydrogen-bond acceptors (Lipinski definition) is 7. The van der Waals surface area contributed by atoms with Crippen LogP contribution in [0.15, 0.2) is 46.9 Å². The van der Waals surface area contributed by atoms with Crippen LogP contribution in [-0.4, -0.2) is 39.4 Å². The number of fused-ring (bicyclic) bond motifs is 1. The first kappa shape index (κ1) is 19.4. The molecule has 0 unspecified atom stereocenters. The van der Waals surface area contributed by atoms with Gasteiger partial charge in [-0.1, -0.05) is 0 Å². The van der Waals surface area contributed by atoms with Gasteiger partial charge < -0.3 is 23.4 Å². The SMILES string of the molecule is COCCOC(=O)c1c(C)oc2ccc(OC(=O)c3ccc(OC)cc3)cc12. The zero-order chi connectivity index (χ0) is 20.1. The zero-order valence-corrected chi connectivity index (χ0v) is 15.8. The first-order valence-corrected chi connectivity index (χ1v) is 8.59. The topological polar surface area (TPSA) is 84.2 Å². The molecule has 0 aliphatic carbocycles. The molecule has 3 aromatic rings. The van der Waals surface area contributed by atoms with E-state index in [-0.39, 0.29) is 6.61 Å². The molecule has 1 heterocycles. The van der Waals surface area contributed by atoms with Crippen LogP contribution < -0.4 is 9.47 Å². The number of carbonyl (C=O) groups excluding carboxylic acids is 2. The number of esters is 2. The average Bonchev–Trinajstić information content (AvgIpc) is 3.03. The average molecular weight is 384 g/mol. The molecule has 0 amide bonds. The highest BCUT2D eigenvalue weighted by Crippen LogP contribution is 2.30. The van der Waals surface area contributed by atoms with Gasteiger partial charge in [0.15, 0.2) is 0 Å². The Morgan fingerprint density at radius 1 is 0.929 bits per heavy atom. The second-order valence-corrected chi connectivity index (χ2v) is 5.94. The van der Waals surface area contributed by atoms with E-state index in [0.717, 1.165) is 0 Å². The maximum Gasteiger partial charge on any atom is 0.343 e. The Hall–Kier alpha value is -3.32. The molecular formula is C21H20O7. The Morgan fingerprint density at radius 2 is 1.64 bits per heavy atom. The fourth-order valence-electron chi connectivity index (χ4n) is 2.70. The molecule has 0 radical (unpaired) electrons. The van der Waals surface area contributed by atoms with Crippen molar-refractivity contribution < 1.29 is 33.0 Å². The van der Waals surface area contributed by atoms with E-state index in [2.05, 4.69) is 0 Å². The second-order valence-electron chi connectivity index (χ2n) is 5.94. The van der Waals surface area contributed by atoms with Gasteiger partial charge in [0, 0.05) is 12.5 Å². The minimum atomic E-state index is -0.522. The molecule has 0 fully saturated rings. The van der Waals surface area contributed by atoms with E-state index in [0.29, 0.717) is 46.0 Å². The molecule has 7 heteroatoms. The summed E-state index contributed by atoms with van der Waals surface area (Å²) >= 11 is 0. The molecule has 0 spiro atoms. The normalized spacial score (nSPS) is 10.7. The maximum atomic E-state index is 12.4. The van der Waals surface area contributed by atoms with E-state index in [1.807, 2.05) is 0 Å². The van der Waals surface area contributed by atoms with Crippen molar-refractivity contribution in [3.8, 4) is 11.5 Å². The molecular weight excluding hydrogens is 364 g/mol. The lowest BCUT2D eigenvalue weighted by molar-refractivity contribution is 0.0388. The van der Waals surface area contributed by atoms with Gasteiger partial charge in [0.2, 0.25) is 0 Å². The Balaban J connectivity index is 1.83. The summed E-state index contributed by atoms with van der Waals surface area (Å²) in [5, 5.41) is 0.514. The third-order valence-corrected chi connectivity index (χ3v) is 4.10. The standard InChI is InChI=1S/C21H20O7/c1-13-19(21(23)26-11-10-24-2)17-12-16(8-9-18(17)27-13)28-20(22)14-4-6-15(25-3)7-5-14/h4-9,12H,10-11H2,1-3H3. The largest absolute Gasteiger partial charge is 0.497 e. The summed E-state index contributed by atoms with van der Waals surface area (Å²) in [6.45, 7) is 2.11. The van der Waals surface area contributed by atoms with E-state index in [4.69, 9.17) is 23.4 Å². The number of benzene rings is 2. The number of aryl methyl sites for hydroxylation is 1. The highest BCUT2D eigenvalue weighted by Gasteiger charge is 2.21. The maximum absolute atomic E-state index is 12.4. The molecule has 0 saturated carbocycles. The summed E-state index contributed by atoms with van der Waals surface area (Å²) in [6, 6.07) is 11.4. The molecule has 3 rings (SSSR count). The summed E-state index contributed by atoms with van der Waals surface area (Å²) in [5.41, 5.74) is 1.18. The van der Waals surface area contributed by atoms with Gasteiger partial charge in [-0.05, 0) is 49.4 Å². The molecule has 146 valence electrons. The minimum Gasteiger partial charge on any atom is -0.497 e. The predicted octanol–water partition coefficient (Wildman–Crippen LogP) is 3.77. The van der Waals surface area contributed by atoms with Gasteiger partial charge in [0.05, 0.1) is 19.3 Å². The molecule has 2 aromatic carbocycles. The van der Waals surface area contributed by atoms with Crippen LogP contribution in [0.1, 0.15) is 26.5 Å². The summed E-state index contributed by atoms with van der Waals surface area (Å²) < 4.78 is 26.2. The zero-order valence-electron chi connectivity index (χ0n) is 15.8. The smallest absolute Gasteiger partial charge is 0.343 e. The highest BCUT2D eigenvalue weighted by molar-refractivity contribution is 6.05. The molecule has 1 aromatic heterocycles. The Bertz CT molecular complexity index is 986. The number of carbonyl (C=O) groups is 2. The van der Waals surface area contributed by atoms with Crippen LogP contribution in [0.5, 0.6) is 11.5 Å². The third-order valence-electron chi connectivity index (χ3n) is 4.10. The second kappa shape index (κ2) is 8.58. The third kappa shape index (κ3) is 4.15. The van der Waals surface area contributed by atoms with E-state index >= 15 is 0 Å². The quantitative estimate of drug-likeness (QED) is 0.348. The van der Waals surface area contributed by atoms with Crippen LogP contribution in [0.25, 0.3) is 11.0 Å². The van der Waals surface area contributed by atoms with Crippen LogP contribution in [0.2, 0.25) is 0 Å². The van der Waals surface area contributed by atoms with Gasteiger partial charge in [0.1, 0.15) is 35.0 Å². The summed E-state index contributed by atoms with van der Waals surface area (Å²) in [4.78, 5) is 24.7. The Morgan fingerprint density at radius 3 is 2.32 bits per heavy atom. The van der Waals surface area contributed by atoms with Gasteiger partial charge >= 0.3 is 11.9 Å². The van der Waals surface area contributed by atoms with Crippen molar-refractivity contribution in [3.63, 3.8) is 0 Å². The van der Waals surface area contributed by atoms with Gasteiger partial charge in [-0.2, -0.15) is 0 Å². The van der Waals surface area contributed by atoms with Crippen molar-refractivity contribution in [1.82, 2.24) is 0 Å². The summed E-state index contributed by atoms with van der Waals surface area (Å²) in [6.07, 6.45) is 0. The molecule has 7 nitrogen and oxygen atoms in total. The van der Waals surface area contributed by atoms with E-state index < -0.39 is 11.9 Å². The van der Waals surface area contributed by atoms with Crippen molar-refractivity contribution in [2.75, 3.05) is 27.4 Å². The number of furan rings is 1. The van der Waals surface area contributed by atoms with Crippen LogP contribution in [-0.2, 0) is 9.47 Å². The number of rotatable bonds is 7. The van der Waals surface area contributed by atoms with Crippen LogP contribution in [0.4, 0.5) is 0 Å². The molecule has 0 saturated heterocycles. The lowest BCUT2D eigenvalue weighted by Gasteiger charge is -2.06. The van der Waals surface area contributed by atoms with Crippen molar-refractivity contribution >= 4 is 22.9 Å². The fourth-order valence-corrected chi connectivity index (χ4v) is 2.70. The molecule has 0 aliphatic heterocycles. The van der Waals surface area contributed by atoms with Gasteiger partial charge in [-0.3, -0.25) is 0 Å². The number of ether oxygens (including phenoxy) is 4. The fraction of sp³-hybridized carbons (Fsp3) is 0.238. The summed E-state index contributed by atoms with van der Waals surface area (Å²) in [7, 11) is 3.07. The molecule has 0 N–H and O–H groups in total. The molecule has 0 aliphatic rings. The van der Waals surface area contributed by atoms with Gasteiger partial charge in [-0.15, -0.1) is 0 Å². The molecule has 28 heavy (non-hydrogen) atoms. The lowest BCUT2D eigenvalue weighted by atomic mass is 10.1. The van der Waals surface area contributed by atoms with E-state index in [1.54, 1.807) is 56.5 Å². The predicted molar refractivity (Wildman–Crippen MR) is 101 cm³/mol. The number of hydrogen-bond donors (Lipinski definition) is 0. The monoisotopic (exact) mass is 384 g/mol. The van der Waals surface area contributed by atoms with Gasteiger partial charge in [-0.25, -0.2) is 9.59 Å². The van der Waals surface area contributed by atoms with E-state index in [9.17, 15) is 9.59 Å². The Kier molecular flexibility index (Phi) is 5.96. The van der Waals surface area contributed by atoms with Crippen molar-refractivity contribution in [2.24, 2.45) is 0 Å². The van der Waals surface area contributed by atoms with Crippen molar-refractivity contribution in [1.29, 1.82) is 0 Å². The molecule has 0 atom stereocenters. The van der Waals surface area contributed by atoms with Crippen LogP contribution in [0, 0.1) is 6.92 Å². The highest BCUT2D eigenvalue weighted by atomic mass is 16.6. The first-order valence-electron chi connectivity index (χ1n) is 8.59.